The molecule has 3 heteroatoms. The van der Waals surface area contributed by atoms with Gasteiger partial charge in [-0.1, -0.05) is 43.5 Å². The number of carbonyl (C=O) groups excluding carboxylic acids is 2. The summed E-state index contributed by atoms with van der Waals surface area (Å²) in [5, 5.41) is 0. The first-order valence-corrected chi connectivity index (χ1v) is 7.20. The summed E-state index contributed by atoms with van der Waals surface area (Å²) in [6.45, 7) is 0. The number of fused-ring (bicyclic) bond motifs is 1. The lowest BCUT2D eigenvalue weighted by atomic mass is 9.76. The molecule has 104 valence electrons. The third-order valence-electron chi connectivity index (χ3n) is 4.33. The van der Waals surface area contributed by atoms with Gasteiger partial charge in [-0.2, -0.15) is 0 Å². The Morgan fingerprint density at radius 3 is 2.15 bits per heavy atom. The second kappa shape index (κ2) is 5.23. The zero-order valence-electron chi connectivity index (χ0n) is 11.6. The zero-order chi connectivity index (χ0) is 14.1. The average Bonchev–Trinajstić information content (AvgIpc) is 2.51. The average molecular weight is 270 g/mol. The number of hydrogen-bond donors (Lipinski definition) is 0. The Hall–Kier alpha value is -1.90. The molecule has 2 aliphatic rings. The molecule has 0 unspecified atom stereocenters. The van der Waals surface area contributed by atoms with E-state index in [1.54, 1.807) is 24.3 Å². The van der Waals surface area contributed by atoms with Gasteiger partial charge in [0.1, 0.15) is 0 Å². The van der Waals surface area contributed by atoms with Crippen molar-refractivity contribution in [1.29, 1.82) is 0 Å². The highest BCUT2D eigenvalue weighted by Crippen LogP contribution is 2.37. The lowest BCUT2D eigenvalue weighted by molar-refractivity contribution is 0.0891. The van der Waals surface area contributed by atoms with Gasteiger partial charge in [0.2, 0.25) is 5.78 Å². The van der Waals surface area contributed by atoms with E-state index in [0.717, 1.165) is 25.7 Å². The Kier molecular flexibility index (Phi) is 3.43. The molecule has 1 aromatic rings. The number of Topliss-reactive ketones (excluding diaryl/α,β-unsaturated/α-hetero) is 2. The van der Waals surface area contributed by atoms with Crippen LogP contribution in [0.3, 0.4) is 0 Å². The van der Waals surface area contributed by atoms with Crippen LogP contribution in [0.5, 0.6) is 0 Å². The number of allylic oxidation sites excluding steroid dienone is 2. The van der Waals surface area contributed by atoms with Crippen LogP contribution in [0.15, 0.2) is 35.6 Å². The van der Waals surface area contributed by atoms with Crippen molar-refractivity contribution in [2.45, 2.75) is 32.1 Å². The fourth-order valence-electron chi connectivity index (χ4n) is 3.34. The van der Waals surface area contributed by atoms with Gasteiger partial charge in [-0.3, -0.25) is 9.59 Å². The predicted molar refractivity (Wildman–Crippen MR) is 75.7 cm³/mol. The van der Waals surface area contributed by atoms with Gasteiger partial charge in [0.05, 0.1) is 7.11 Å². The van der Waals surface area contributed by atoms with Gasteiger partial charge >= 0.3 is 0 Å². The lowest BCUT2D eigenvalue weighted by Crippen LogP contribution is -2.28. The first-order valence-electron chi connectivity index (χ1n) is 7.20. The highest BCUT2D eigenvalue weighted by Gasteiger charge is 2.37. The largest absolute Gasteiger partial charge is 0.492 e. The maximum Gasteiger partial charge on any atom is 0.228 e. The van der Waals surface area contributed by atoms with Crippen molar-refractivity contribution >= 4 is 11.6 Å². The summed E-state index contributed by atoms with van der Waals surface area (Å²) in [4.78, 5) is 25.3. The van der Waals surface area contributed by atoms with E-state index < -0.39 is 0 Å². The number of rotatable bonds is 2. The Labute approximate surface area is 118 Å². The summed E-state index contributed by atoms with van der Waals surface area (Å²) in [6.07, 6.45) is 5.40. The Morgan fingerprint density at radius 1 is 0.950 bits per heavy atom. The zero-order valence-corrected chi connectivity index (χ0v) is 11.6. The van der Waals surface area contributed by atoms with E-state index in [1.165, 1.54) is 13.5 Å². The van der Waals surface area contributed by atoms with Crippen LogP contribution in [0, 0.1) is 5.92 Å². The first kappa shape index (κ1) is 13.1. The van der Waals surface area contributed by atoms with E-state index in [2.05, 4.69) is 0 Å². The fraction of sp³-hybridized carbons (Fsp3) is 0.412. The van der Waals surface area contributed by atoms with Crippen LogP contribution < -0.4 is 0 Å². The molecule has 0 aromatic heterocycles. The van der Waals surface area contributed by atoms with Crippen LogP contribution in [0.1, 0.15) is 52.8 Å². The number of ketones is 2. The molecule has 1 aromatic carbocycles. The lowest BCUT2D eigenvalue weighted by Gasteiger charge is -2.28. The van der Waals surface area contributed by atoms with Crippen molar-refractivity contribution in [3.05, 3.63) is 46.7 Å². The van der Waals surface area contributed by atoms with Gasteiger partial charge in [0.25, 0.3) is 0 Å². The third kappa shape index (κ3) is 1.98. The Bertz CT molecular complexity index is 592. The van der Waals surface area contributed by atoms with E-state index in [4.69, 9.17) is 4.74 Å². The van der Waals surface area contributed by atoms with Gasteiger partial charge in [-0.15, -0.1) is 0 Å². The number of ether oxygens (including phenoxy) is 1. The third-order valence-corrected chi connectivity index (χ3v) is 4.33. The van der Waals surface area contributed by atoms with E-state index in [1.807, 2.05) is 0 Å². The maximum absolute atomic E-state index is 12.7. The van der Waals surface area contributed by atoms with Crippen LogP contribution in [-0.2, 0) is 4.74 Å². The van der Waals surface area contributed by atoms with Crippen molar-refractivity contribution in [1.82, 2.24) is 0 Å². The van der Waals surface area contributed by atoms with Crippen LogP contribution in [0.2, 0.25) is 0 Å². The molecule has 3 nitrogen and oxygen atoms in total. The molecule has 0 atom stereocenters. The quantitative estimate of drug-likeness (QED) is 0.825. The Balaban J connectivity index is 2.10. The molecule has 0 amide bonds. The molecule has 0 saturated heterocycles. The van der Waals surface area contributed by atoms with Crippen LogP contribution in [0.25, 0.3) is 0 Å². The summed E-state index contributed by atoms with van der Waals surface area (Å²) in [5.41, 5.74) is 1.60. The van der Waals surface area contributed by atoms with Gasteiger partial charge in [-0.05, 0) is 18.8 Å². The molecule has 1 saturated carbocycles. The molecule has 0 aliphatic heterocycles. The van der Waals surface area contributed by atoms with Crippen molar-refractivity contribution in [2.24, 2.45) is 5.92 Å². The molecule has 0 spiro atoms. The minimum atomic E-state index is -0.150. The second-order valence-corrected chi connectivity index (χ2v) is 5.49. The van der Waals surface area contributed by atoms with Crippen molar-refractivity contribution in [3.63, 3.8) is 0 Å². The standard InChI is InChI=1S/C17H18O3/c1-20-17-14(11-7-3-2-4-8-11)15(18)12-9-5-6-10-13(12)16(17)19/h5-6,9-11H,2-4,7-8H2,1H3. The molecular formula is C17H18O3. The highest BCUT2D eigenvalue weighted by molar-refractivity contribution is 6.26. The molecule has 0 radical (unpaired) electrons. The van der Waals surface area contributed by atoms with Gasteiger partial charge in [0.15, 0.2) is 11.5 Å². The molecule has 20 heavy (non-hydrogen) atoms. The van der Waals surface area contributed by atoms with Crippen LogP contribution in [0.4, 0.5) is 0 Å². The number of methoxy groups -OCH3 is 1. The molecule has 2 aliphatic carbocycles. The minimum Gasteiger partial charge on any atom is -0.492 e. The van der Waals surface area contributed by atoms with Gasteiger partial charge in [0, 0.05) is 16.7 Å². The molecule has 1 fully saturated rings. The number of benzene rings is 1. The van der Waals surface area contributed by atoms with Crippen LogP contribution in [-0.4, -0.2) is 18.7 Å². The highest BCUT2D eigenvalue weighted by atomic mass is 16.5. The predicted octanol–water partition coefficient (Wildman–Crippen LogP) is 3.55. The van der Waals surface area contributed by atoms with Crippen molar-refractivity contribution in [3.8, 4) is 0 Å². The van der Waals surface area contributed by atoms with Crippen LogP contribution >= 0.6 is 0 Å². The van der Waals surface area contributed by atoms with E-state index in [9.17, 15) is 9.59 Å². The maximum atomic E-state index is 12.7. The molecule has 0 heterocycles. The van der Waals surface area contributed by atoms with Crippen molar-refractivity contribution in [2.75, 3.05) is 7.11 Å². The normalized spacial score (nSPS) is 20.1. The molecule has 0 bridgehead atoms. The topological polar surface area (TPSA) is 43.4 Å². The van der Waals surface area contributed by atoms with E-state index in [0.29, 0.717) is 16.7 Å². The molecular weight excluding hydrogens is 252 g/mol. The van der Waals surface area contributed by atoms with Crippen molar-refractivity contribution < 1.29 is 14.3 Å². The number of carbonyl (C=O) groups is 2. The smallest absolute Gasteiger partial charge is 0.228 e. The Morgan fingerprint density at radius 2 is 1.55 bits per heavy atom. The summed E-state index contributed by atoms with van der Waals surface area (Å²) < 4.78 is 5.31. The fourth-order valence-corrected chi connectivity index (χ4v) is 3.34. The second-order valence-electron chi connectivity index (χ2n) is 5.49. The SMILES string of the molecule is COC1=C(C2CCCCC2)C(=O)c2ccccc2C1=O. The van der Waals surface area contributed by atoms with E-state index in [-0.39, 0.29) is 23.2 Å². The summed E-state index contributed by atoms with van der Waals surface area (Å²) in [5.74, 6) is 0.260. The summed E-state index contributed by atoms with van der Waals surface area (Å²) in [6, 6.07) is 7.03. The number of hydrogen-bond acceptors (Lipinski definition) is 3. The monoisotopic (exact) mass is 270 g/mol. The molecule has 0 N–H and O–H groups in total. The van der Waals surface area contributed by atoms with E-state index >= 15 is 0 Å². The minimum absolute atomic E-state index is 0.0241. The van der Waals surface area contributed by atoms with Gasteiger partial charge in [-0.25, -0.2) is 0 Å². The molecule has 3 rings (SSSR count). The first-order chi connectivity index (χ1) is 9.74. The summed E-state index contributed by atoms with van der Waals surface area (Å²) >= 11 is 0. The van der Waals surface area contributed by atoms with Gasteiger partial charge < -0.3 is 4.74 Å². The summed E-state index contributed by atoms with van der Waals surface area (Å²) in [7, 11) is 1.48.